The third-order valence-corrected chi connectivity index (χ3v) is 3.88. The number of ether oxygens (including phenoxy) is 2. The standard InChI is InChI=1S/C20H36N4O6/c1-13(2)11-16(20(28)21-6)24-19(27)15(5)23-17(25)12-30-10-9-29-8-7-22-18(26)14(3)4/h13,15-16H,3,7-12H2,1-2,4-6H3,(H,21,28)(H,22,26)(H,23,25)(H,24,27). The highest BCUT2D eigenvalue weighted by atomic mass is 16.5. The van der Waals surface area contributed by atoms with E-state index in [1.807, 2.05) is 13.8 Å². The molecule has 0 aromatic carbocycles. The highest BCUT2D eigenvalue weighted by molar-refractivity contribution is 5.92. The highest BCUT2D eigenvalue weighted by Crippen LogP contribution is 2.05. The second-order valence-electron chi connectivity index (χ2n) is 7.30. The average molecular weight is 429 g/mol. The first-order valence-electron chi connectivity index (χ1n) is 9.99. The van der Waals surface area contributed by atoms with Crippen LogP contribution in [0, 0.1) is 5.92 Å². The van der Waals surface area contributed by atoms with E-state index in [1.165, 1.54) is 14.0 Å². The molecule has 10 nitrogen and oxygen atoms in total. The van der Waals surface area contributed by atoms with E-state index in [-0.39, 0.29) is 37.6 Å². The Morgan fingerprint density at radius 1 is 0.933 bits per heavy atom. The monoisotopic (exact) mass is 428 g/mol. The van der Waals surface area contributed by atoms with Crippen molar-refractivity contribution in [3.63, 3.8) is 0 Å². The Morgan fingerprint density at radius 2 is 1.57 bits per heavy atom. The Bertz CT molecular complexity index is 594. The maximum absolute atomic E-state index is 12.3. The highest BCUT2D eigenvalue weighted by Gasteiger charge is 2.24. The number of nitrogens with one attached hydrogen (secondary N) is 4. The van der Waals surface area contributed by atoms with E-state index in [4.69, 9.17) is 9.47 Å². The molecule has 30 heavy (non-hydrogen) atoms. The summed E-state index contributed by atoms with van der Waals surface area (Å²) >= 11 is 0. The summed E-state index contributed by atoms with van der Waals surface area (Å²) in [6, 6.07) is -1.47. The van der Waals surface area contributed by atoms with Gasteiger partial charge in [0.1, 0.15) is 18.7 Å². The number of hydrogen-bond acceptors (Lipinski definition) is 6. The van der Waals surface area contributed by atoms with Crippen LogP contribution in [0.4, 0.5) is 0 Å². The van der Waals surface area contributed by atoms with Crippen LogP contribution in [-0.4, -0.2) is 75.7 Å². The zero-order valence-electron chi connectivity index (χ0n) is 18.6. The van der Waals surface area contributed by atoms with Gasteiger partial charge in [-0.2, -0.15) is 0 Å². The lowest BCUT2D eigenvalue weighted by atomic mass is 10.0. The van der Waals surface area contributed by atoms with E-state index in [1.54, 1.807) is 6.92 Å². The lowest BCUT2D eigenvalue weighted by Gasteiger charge is -2.21. The molecule has 172 valence electrons. The van der Waals surface area contributed by atoms with Crippen molar-refractivity contribution < 1.29 is 28.7 Å². The van der Waals surface area contributed by atoms with Gasteiger partial charge >= 0.3 is 0 Å². The summed E-state index contributed by atoms with van der Waals surface area (Å²) in [6.07, 6.45) is 0.492. The third-order valence-electron chi connectivity index (χ3n) is 3.88. The summed E-state index contributed by atoms with van der Waals surface area (Å²) in [5.41, 5.74) is 0.427. The first-order chi connectivity index (χ1) is 14.1. The van der Waals surface area contributed by atoms with Gasteiger partial charge in [-0.3, -0.25) is 19.2 Å². The average Bonchev–Trinajstić information content (AvgIpc) is 2.67. The van der Waals surface area contributed by atoms with Crippen molar-refractivity contribution >= 4 is 23.6 Å². The molecule has 0 radical (unpaired) electrons. The van der Waals surface area contributed by atoms with Crippen molar-refractivity contribution in [1.29, 1.82) is 0 Å². The largest absolute Gasteiger partial charge is 0.377 e. The fraction of sp³-hybridized carbons (Fsp3) is 0.700. The van der Waals surface area contributed by atoms with Crippen molar-refractivity contribution in [3.05, 3.63) is 12.2 Å². The van der Waals surface area contributed by atoms with Gasteiger partial charge in [-0.05, 0) is 26.2 Å². The Morgan fingerprint density at radius 3 is 2.13 bits per heavy atom. The van der Waals surface area contributed by atoms with Crippen molar-refractivity contribution in [2.24, 2.45) is 5.92 Å². The molecule has 0 bridgehead atoms. The van der Waals surface area contributed by atoms with Crippen LogP contribution >= 0.6 is 0 Å². The summed E-state index contributed by atoms with van der Waals surface area (Å²) in [5.74, 6) is -1.19. The molecule has 0 aliphatic heterocycles. The smallest absolute Gasteiger partial charge is 0.246 e. The number of carbonyl (C=O) groups excluding carboxylic acids is 4. The Hall–Kier alpha value is -2.46. The van der Waals surface area contributed by atoms with Crippen molar-refractivity contribution in [1.82, 2.24) is 21.3 Å². The van der Waals surface area contributed by atoms with Crippen LogP contribution < -0.4 is 21.3 Å². The van der Waals surface area contributed by atoms with Crippen LogP contribution in [0.15, 0.2) is 12.2 Å². The molecule has 2 atom stereocenters. The number of likely N-dealkylation sites (N-methyl/N-ethyl adjacent to an activating group) is 1. The number of carbonyl (C=O) groups is 4. The Kier molecular flexibility index (Phi) is 14.1. The van der Waals surface area contributed by atoms with Gasteiger partial charge in [0, 0.05) is 19.2 Å². The van der Waals surface area contributed by atoms with E-state index >= 15 is 0 Å². The minimum absolute atomic E-state index is 0.190. The van der Waals surface area contributed by atoms with Gasteiger partial charge in [0.2, 0.25) is 23.6 Å². The van der Waals surface area contributed by atoms with E-state index in [0.717, 1.165) is 0 Å². The van der Waals surface area contributed by atoms with Crippen LogP contribution in [0.2, 0.25) is 0 Å². The molecule has 4 N–H and O–H groups in total. The van der Waals surface area contributed by atoms with Gasteiger partial charge in [0.15, 0.2) is 0 Å². The minimum atomic E-state index is -0.811. The molecule has 0 aliphatic carbocycles. The third kappa shape index (κ3) is 12.9. The zero-order valence-corrected chi connectivity index (χ0v) is 18.6. The van der Waals surface area contributed by atoms with Crippen LogP contribution in [0.25, 0.3) is 0 Å². The molecule has 0 aromatic heterocycles. The van der Waals surface area contributed by atoms with Gasteiger partial charge < -0.3 is 30.7 Å². The first kappa shape index (κ1) is 27.5. The normalized spacial score (nSPS) is 12.6. The lowest BCUT2D eigenvalue weighted by molar-refractivity contribution is -0.133. The fourth-order valence-corrected chi connectivity index (χ4v) is 2.29. The van der Waals surface area contributed by atoms with Crippen molar-refractivity contribution in [2.75, 3.05) is 40.0 Å². The topological polar surface area (TPSA) is 135 Å². The SMILES string of the molecule is C=C(C)C(=O)NCCOCCOCC(=O)NC(C)C(=O)NC(CC(C)C)C(=O)NC. The quantitative estimate of drug-likeness (QED) is 0.205. The predicted molar refractivity (Wildman–Crippen MR) is 113 cm³/mol. The molecule has 0 saturated carbocycles. The molecule has 2 unspecified atom stereocenters. The van der Waals surface area contributed by atoms with E-state index in [9.17, 15) is 19.2 Å². The molecule has 0 aromatic rings. The molecule has 0 saturated heterocycles. The number of hydrogen-bond donors (Lipinski definition) is 4. The predicted octanol–water partition coefficient (Wildman–Crippen LogP) is -0.506. The van der Waals surface area contributed by atoms with Gasteiger partial charge in [0.25, 0.3) is 0 Å². The second-order valence-corrected chi connectivity index (χ2v) is 7.30. The molecule has 0 rings (SSSR count). The van der Waals surface area contributed by atoms with Crippen LogP contribution in [0.1, 0.15) is 34.1 Å². The number of rotatable bonds is 15. The Balaban J connectivity index is 4.04. The summed E-state index contributed by atoms with van der Waals surface area (Å²) in [4.78, 5) is 47.3. The molecule has 4 amide bonds. The van der Waals surface area contributed by atoms with Crippen LogP contribution in [0.5, 0.6) is 0 Å². The minimum Gasteiger partial charge on any atom is -0.377 e. The van der Waals surface area contributed by atoms with Gasteiger partial charge in [0.05, 0.1) is 19.8 Å². The van der Waals surface area contributed by atoms with Crippen LogP contribution in [-0.2, 0) is 28.7 Å². The Labute approximate surface area is 178 Å². The maximum Gasteiger partial charge on any atom is 0.246 e. The summed E-state index contributed by atoms with van der Waals surface area (Å²) < 4.78 is 10.5. The van der Waals surface area contributed by atoms with Gasteiger partial charge in [-0.15, -0.1) is 0 Å². The summed E-state index contributed by atoms with van der Waals surface area (Å²) in [6.45, 7) is 11.5. The van der Waals surface area contributed by atoms with Gasteiger partial charge in [-0.1, -0.05) is 20.4 Å². The summed E-state index contributed by atoms with van der Waals surface area (Å²) in [7, 11) is 1.51. The fourth-order valence-electron chi connectivity index (χ4n) is 2.29. The summed E-state index contributed by atoms with van der Waals surface area (Å²) in [5, 5.41) is 10.3. The van der Waals surface area contributed by atoms with E-state index < -0.39 is 23.9 Å². The van der Waals surface area contributed by atoms with Crippen molar-refractivity contribution in [2.45, 2.75) is 46.2 Å². The zero-order chi connectivity index (χ0) is 23.1. The second kappa shape index (κ2) is 15.4. The molecular weight excluding hydrogens is 392 g/mol. The maximum atomic E-state index is 12.3. The van der Waals surface area contributed by atoms with E-state index in [0.29, 0.717) is 25.1 Å². The van der Waals surface area contributed by atoms with Crippen molar-refractivity contribution in [3.8, 4) is 0 Å². The molecule has 0 spiro atoms. The molecule has 0 aliphatic rings. The first-order valence-corrected chi connectivity index (χ1v) is 9.99. The molecule has 0 fully saturated rings. The van der Waals surface area contributed by atoms with Crippen LogP contribution in [0.3, 0.4) is 0 Å². The molecular formula is C20H36N4O6. The molecule has 0 heterocycles. The van der Waals surface area contributed by atoms with E-state index in [2.05, 4.69) is 27.8 Å². The molecule has 10 heteroatoms. The lowest BCUT2D eigenvalue weighted by Crippen LogP contribution is -2.53. The van der Waals surface area contributed by atoms with Gasteiger partial charge in [-0.25, -0.2) is 0 Å². The number of amides is 4.